The van der Waals surface area contributed by atoms with Crippen LogP contribution in [0.4, 0.5) is 13.2 Å². The van der Waals surface area contributed by atoms with E-state index in [0.29, 0.717) is 17.8 Å². The van der Waals surface area contributed by atoms with E-state index in [0.717, 1.165) is 12.3 Å². The molecule has 0 spiro atoms. The number of nitrogens with zero attached hydrogens (tertiary/aromatic N) is 3. The first kappa shape index (κ1) is 15.6. The minimum Gasteiger partial charge on any atom is -0.349 e. The van der Waals surface area contributed by atoms with E-state index < -0.39 is 11.7 Å². The van der Waals surface area contributed by atoms with Crippen LogP contribution in [0.15, 0.2) is 18.3 Å². The highest BCUT2D eigenvalue weighted by Crippen LogP contribution is 2.29. The number of carbonyl (C=O) groups is 1. The molecule has 2 aromatic rings. The van der Waals surface area contributed by atoms with Crippen LogP contribution in [0.25, 0.3) is 5.65 Å². The first-order valence-electron chi connectivity index (χ1n) is 6.08. The second-order valence-electron chi connectivity index (χ2n) is 4.28. The molecule has 1 amide bonds. The summed E-state index contributed by atoms with van der Waals surface area (Å²) >= 11 is 1.54. The van der Waals surface area contributed by atoms with Gasteiger partial charge in [0, 0.05) is 18.4 Å². The van der Waals surface area contributed by atoms with Crippen LogP contribution in [0.5, 0.6) is 0 Å². The number of carbonyl (C=O) groups excluding carboxylic acids is 1. The molecule has 1 N–H and O–H groups in total. The smallest absolute Gasteiger partial charge is 0.349 e. The van der Waals surface area contributed by atoms with E-state index in [1.807, 2.05) is 6.26 Å². The summed E-state index contributed by atoms with van der Waals surface area (Å²) in [4.78, 5) is 11.5. The Morgan fingerprint density at radius 2 is 2.14 bits per heavy atom. The summed E-state index contributed by atoms with van der Waals surface area (Å²) in [5.41, 5.74) is -0.485. The Balaban J connectivity index is 2.15. The minimum absolute atomic E-state index is 0.0374. The van der Waals surface area contributed by atoms with Crippen LogP contribution in [0.3, 0.4) is 0 Å². The van der Waals surface area contributed by atoms with Crippen LogP contribution in [0.1, 0.15) is 17.8 Å². The highest BCUT2D eigenvalue weighted by Gasteiger charge is 2.31. The Morgan fingerprint density at radius 3 is 2.81 bits per heavy atom. The molecule has 2 heterocycles. The number of nitrogens with one attached hydrogen (secondary N) is 1. The molecule has 0 aliphatic rings. The van der Waals surface area contributed by atoms with Gasteiger partial charge in [0.1, 0.15) is 0 Å². The lowest BCUT2D eigenvalue weighted by molar-refractivity contribution is -0.137. The zero-order valence-electron chi connectivity index (χ0n) is 11.1. The molecule has 0 atom stereocenters. The molecule has 0 aliphatic carbocycles. The van der Waals surface area contributed by atoms with Crippen molar-refractivity contribution in [3.05, 3.63) is 29.7 Å². The van der Waals surface area contributed by atoms with Crippen molar-refractivity contribution in [3.8, 4) is 0 Å². The maximum absolute atomic E-state index is 12.7. The van der Waals surface area contributed by atoms with Gasteiger partial charge in [-0.25, -0.2) is 0 Å². The van der Waals surface area contributed by atoms with E-state index in [9.17, 15) is 18.0 Å². The summed E-state index contributed by atoms with van der Waals surface area (Å²) in [6.45, 7) is 0.0374. The van der Waals surface area contributed by atoms with Crippen molar-refractivity contribution in [2.75, 3.05) is 12.0 Å². The number of thioether (sulfide) groups is 1. The Kier molecular flexibility index (Phi) is 4.71. The van der Waals surface area contributed by atoms with Crippen LogP contribution < -0.4 is 5.32 Å². The van der Waals surface area contributed by atoms with Gasteiger partial charge in [0.25, 0.3) is 0 Å². The molecule has 0 saturated carbocycles. The lowest BCUT2D eigenvalue weighted by Gasteiger charge is -2.08. The summed E-state index contributed by atoms with van der Waals surface area (Å²) in [7, 11) is 0. The Morgan fingerprint density at radius 1 is 1.38 bits per heavy atom. The molecule has 0 unspecified atom stereocenters. The average Bonchev–Trinajstić information content (AvgIpc) is 2.84. The van der Waals surface area contributed by atoms with E-state index in [-0.39, 0.29) is 18.3 Å². The van der Waals surface area contributed by atoms with Crippen molar-refractivity contribution < 1.29 is 18.0 Å². The monoisotopic (exact) mass is 318 g/mol. The number of alkyl halides is 3. The van der Waals surface area contributed by atoms with Gasteiger partial charge in [0.05, 0.1) is 12.1 Å². The minimum atomic E-state index is -4.43. The lowest BCUT2D eigenvalue weighted by atomic mass is 10.3. The van der Waals surface area contributed by atoms with E-state index in [4.69, 9.17) is 0 Å². The first-order chi connectivity index (χ1) is 9.91. The van der Waals surface area contributed by atoms with E-state index in [2.05, 4.69) is 15.5 Å². The van der Waals surface area contributed by atoms with E-state index in [1.165, 1.54) is 10.5 Å². The largest absolute Gasteiger partial charge is 0.417 e. The number of amides is 1. The van der Waals surface area contributed by atoms with E-state index >= 15 is 0 Å². The molecule has 0 bridgehead atoms. The molecule has 21 heavy (non-hydrogen) atoms. The molecule has 0 aromatic carbocycles. The number of fused-ring (bicyclic) bond motifs is 1. The summed E-state index contributed by atoms with van der Waals surface area (Å²) < 4.78 is 39.3. The zero-order valence-corrected chi connectivity index (χ0v) is 12.0. The van der Waals surface area contributed by atoms with Gasteiger partial charge in [0.15, 0.2) is 11.5 Å². The average molecular weight is 318 g/mol. The fraction of sp³-hybridized carbons (Fsp3) is 0.417. The lowest BCUT2D eigenvalue weighted by Crippen LogP contribution is -2.24. The van der Waals surface area contributed by atoms with Gasteiger partial charge in [-0.1, -0.05) is 0 Å². The van der Waals surface area contributed by atoms with Crippen molar-refractivity contribution in [2.24, 2.45) is 0 Å². The number of halogens is 3. The van der Waals surface area contributed by atoms with Gasteiger partial charge >= 0.3 is 6.18 Å². The molecule has 0 aliphatic heterocycles. The SMILES string of the molecule is CSCCC(=O)NCc1nnc2ccc(C(F)(F)F)cn12. The molecular formula is C12H13F3N4OS. The third-order valence-corrected chi connectivity index (χ3v) is 3.39. The van der Waals surface area contributed by atoms with Gasteiger partial charge in [-0.2, -0.15) is 24.9 Å². The number of aromatic nitrogens is 3. The molecule has 5 nitrogen and oxygen atoms in total. The van der Waals surface area contributed by atoms with Crippen LogP contribution >= 0.6 is 11.8 Å². The zero-order chi connectivity index (χ0) is 15.5. The summed E-state index contributed by atoms with van der Waals surface area (Å²) in [6.07, 6.45) is -1.26. The van der Waals surface area contributed by atoms with Gasteiger partial charge in [-0.3, -0.25) is 9.20 Å². The van der Waals surface area contributed by atoms with E-state index in [1.54, 1.807) is 11.8 Å². The highest BCUT2D eigenvalue weighted by molar-refractivity contribution is 7.98. The Labute approximate surface area is 122 Å². The predicted octanol–water partition coefficient (Wildman–Crippen LogP) is 2.12. The van der Waals surface area contributed by atoms with Gasteiger partial charge in [0.2, 0.25) is 5.91 Å². The molecule has 0 saturated heterocycles. The Hall–Kier alpha value is -1.77. The van der Waals surface area contributed by atoms with Crippen LogP contribution in [0.2, 0.25) is 0 Å². The summed E-state index contributed by atoms with van der Waals surface area (Å²) in [5.74, 6) is 0.770. The van der Waals surface area contributed by atoms with Crippen molar-refractivity contribution in [1.29, 1.82) is 0 Å². The molecule has 114 valence electrons. The van der Waals surface area contributed by atoms with Crippen LogP contribution in [-0.2, 0) is 17.5 Å². The maximum Gasteiger partial charge on any atom is 0.417 e. The molecule has 2 rings (SSSR count). The van der Waals surface area contributed by atoms with Gasteiger partial charge < -0.3 is 5.32 Å². The molecule has 0 fully saturated rings. The topological polar surface area (TPSA) is 59.3 Å². The number of rotatable bonds is 5. The number of hydrogen-bond acceptors (Lipinski definition) is 4. The van der Waals surface area contributed by atoms with Crippen molar-refractivity contribution in [3.63, 3.8) is 0 Å². The Bertz CT molecular complexity index is 641. The van der Waals surface area contributed by atoms with Gasteiger partial charge in [-0.15, -0.1) is 10.2 Å². The van der Waals surface area contributed by atoms with Crippen molar-refractivity contribution >= 4 is 23.3 Å². The molecule has 9 heteroatoms. The number of pyridine rings is 1. The normalized spacial score (nSPS) is 11.8. The second kappa shape index (κ2) is 6.33. The quantitative estimate of drug-likeness (QED) is 0.917. The molecule has 2 aromatic heterocycles. The molecular weight excluding hydrogens is 305 g/mol. The molecule has 0 radical (unpaired) electrons. The van der Waals surface area contributed by atoms with Crippen LogP contribution in [0, 0.1) is 0 Å². The maximum atomic E-state index is 12.7. The summed E-state index contributed by atoms with van der Waals surface area (Å²) in [5, 5.41) is 10.2. The second-order valence-corrected chi connectivity index (χ2v) is 5.27. The number of hydrogen-bond donors (Lipinski definition) is 1. The predicted molar refractivity (Wildman–Crippen MR) is 72.8 cm³/mol. The van der Waals surface area contributed by atoms with Crippen molar-refractivity contribution in [1.82, 2.24) is 19.9 Å². The highest BCUT2D eigenvalue weighted by atomic mass is 32.2. The third kappa shape index (κ3) is 3.87. The fourth-order valence-electron chi connectivity index (χ4n) is 1.69. The van der Waals surface area contributed by atoms with Crippen molar-refractivity contribution in [2.45, 2.75) is 19.1 Å². The van der Waals surface area contributed by atoms with Crippen LogP contribution in [-0.4, -0.2) is 32.5 Å². The standard InChI is InChI=1S/C12H13F3N4OS/c1-21-5-4-11(20)16-6-10-18-17-9-3-2-8(7-19(9)10)12(13,14)15/h2-3,7H,4-6H2,1H3,(H,16,20). The fourth-order valence-corrected chi connectivity index (χ4v) is 2.08. The van der Waals surface area contributed by atoms with Gasteiger partial charge in [-0.05, 0) is 18.4 Å². The first-order valence-corrected chi connectivity index (χ1v) is 7.47. The third-order valence-electron chi connectivity index (χ3n) is 2.78. The summed E-state index contributed by atoms with van der Waals surface area (Å²) in [6, 6.07) is 2.19.